The molecule has 1 aliphatic rings. The van der Waals surface area contributed by atoms with Crippen LogP contribution in [0.4, 0.5) is 0 Å². The molecular weight excluding hydrogens is 276 g/mol. The molecular formula is C14H13BrN2. The fraction of sp³-hybridized carbons (Fsp3) is 0.357. The van der Waals surface area contributed by atoms with Crippen molar-refractivity contribution in [1.82, 2.24) is 4.98 Å². The van der Waals surface area contributed by atoms with E-state index in [1.807, 2.05) is 6.07 Å². The van der Waals surface area contributed by atoms with Gasteiger partial charge in [-0.3, -0.25) is 0 Å². The highest BCUT2D eigenvalue weighted by atomic mass is 79.9. The summed E-state index contributed by atoms with van der Waals surface area (Å²) in [5.41, 5.74) is 2.77. The van der Waals surface area contributed by atoms with Gasteiger partial charge in [-0.15, -0.1) is 0 Å². The maximum Gasteiger partial charge on any atom is 0.0627 e. The van der Waals surface area contributed by atoms with E-state index in [4.69, 9.17) is 5.26 Å². The van der Waals surface area contributed by atoms with E-state index in [0.717, 1.165) is 16.4 Å². The van der Waals surface area contributed by atoms with Gasteiger partial charge in [0.25, 0.3) is 0 Å². The largest absolute Gasteiger partial charge is 0.360 e. The lowest BCUT2D eigenvalue weighted by atomic mass is 9.93. The number of rotatable bonds is 3. The number of benzene rings is 1. The summed E-state index contributed by atoms with van der Waals surface area (Å²) >= 11 is 3.55. The molecule has 17 heavy (non-hydrogen) atoms. The third kappa shape index (κ3) is 1.87. The number of fused-ring (bicyclic) bond motifs is 1. The van der Waals surface area contributed by atoms with Crippen LogP contribution in [0.15, 0.2) is 28.9 Å². The van der Waals surface area contributed by atoms with Crippen LogP contribution >= 0.6 is 15.9 Å². The smallest absolute Gasteiger partial charge is 0.0627 e. The minimum atomic E-state index is 0.270. The molecule has 3 heteroatoms. The minimum absolute atomic E-state index is 0.270. The highest BCUT2D eigenvalue weighted by Crippen LogP contribution is 2.51. The van der Waals surface area contributed by atoms with Gasteiger partial charge in [0.05, 0.1) is 11.6 Å². The Morgan fingerprint density at radius 3 is 2.94 bits per heavy atom. The van der Waals surface area contributed by atoms with Gasteiger partial charge in [-0.25, -0.2) is 0 Å². The second kappa shape index (κ2) is 3.89. The summed E-state index contributed by atoms with van der Waals surface area (Å²) in [4.78, 5) is 3.32. The predicted molar refractivity (Wildman–Crippen MR) is 71.6 cm³/mol. The molecule has 0 amide bonds. The number of aromatic nitrogens is 1. The zero-order valence-corrected chi connectivity index (χ0v) is 11.0. The molecule has 0 aliphatic heterocycles. The lowest BCUT2D eigenvalue weighted by Crippen LogP contribution is -2.03. The van der Waals surface area contributed by atoms with E-state index in [1.165, 1.54) is 23.8 Å². The molecule has 1 N–H and O–H groups in total. The molecule has 1 heterocycles. The molecule has 0 radical (unpaired) electrons. The fourth-order valence-corrected chi connectivity index (χ4v) is 2.97. The van der Waals surface area contributed by atoms with Crippen molar-refractivity contribution in [3.8, 4) is 6.07 Å². The predicted octanol–water partition coefficient (Wildman–Crippen LogP) is 4.17. The summed E-state index contributed by atoms with van der Waals surface area (Å²) in [6.07, 6.45) is 6.19. The van der Waals surface area contributed by atoms with E-state index in [1.54, 1.807) is 0 Å². The number of hydrogen-bond donors (Lipinski definition) is 1. The highest BCUT2D eigenvalue weighted by Gasteiger charge is 2.42. The van der Waals surface area contributed by atoms with Crippen LogP contribution in [0.25, 0.3) is 10.9 Å². The minimum Gasteiger partial charge on any atom is -0.360 e. The average molecular weight is 289 g/mol. The van der Waals surface area contributed by atoms with Crippen molar-refractivity contribution in [2.45, 2.75) is 25.7 Å². The first kappa shape index (κ1) is 10.9. The van der Waals surface area contributed by atoms with Gasteiger partial charge in [0.2, 0.25) is 0 Å². The van der Waals surface area contributed by atoms with Gasteiger partial charge in [-0.2, -0.15) is 5.26 Å². The van der Waals surface area contributed by atoms with Crippen molar-refractivity contribution in [2.75, 3.05) is 0 Å². The number of H-pyrrole nitrogens is 1. The molecule has 3 rings (SSSR count). The van der Waals surface area contributed by atoms with E-state index in [0.29, 0.717) is 6.42 Å². The van der Waals surface area contributed by atoms with Gasteiger partial charge in [0.15, 0.2) is 0 Å². The van der Waals surface area contributed by atoms with Crippen molar-refractivity contribution >= 4 is 26.8 Å². The Labute approximate surface area is 109 Å². The lowest BCUT2D eigenvalue weighted by Gasteiger charge is -2.09. The molecule has 1 aromatic heterocycles. The standard InChI is InChI=1S/C14H13BrN2/c15-12-3-1-2-11-10(9-17-13(11)12)8-14(4-5-14)6-7-16/h1-3,9,17H,4-6,8H2. The number of aromatic amines is 1. The maximum absolute atomic E-state index is 8.86. The molecule has 0 bridgehead atoms. The molecule has 1 fully saturated rings. The van der Waals surface area contributed by atoms with Gasteiger partial charge in [0, 0.05) is 22.5 Å². The van der Waals surface area contributed by atoms with Crippen LogP contribution in [-0.2, 0) is 6.42 Å². The number of para-hydroxylation sites is 1. The molecule has 0 unspecified atom stereocenters. The van der Waals surface area contributed by atoms with Crippen LogP contribution in [0.2, 0.25) is 0 Å². The summed E-state index contributed by atoms with van der Waals surface area (Å²) in [6.45, 7) is 0. The Kier molecular flexibility index (Phi) is 2.48. The number of nitriles is 1. The molecule has 0 atom stereocenters. The van der Waals surface area contributed by atoms with E-state index in [2.05, 4.69) is 45.3 Å². The van der Waals surface area contributed by atoms with Crippen molar-refractivity contribution in [2.24, 2.45) is 5.41 Å². The first-order chi connectivity index (χ1) is 8.24. The zero-order valence-electron chi connectivity index (χ0n) is 9.46. The summed E-state index contributed by atoms with van der Waals surface area (Å²) in [7, 11) is 0. The lowest BCUT2D eigenvalue weighted by molar-refractivity contribution is 0.523. The molecule has 2 nitrogen and oxygen atoms in total. The highest BCUT2D eigenvalue weighted by molar-refractivity contribution is 9.10. The first-order valence-corrected chi connectivity index (χ1v) is 6.65. The van der Waals surface area contributed by atoms with Crippen LogP contribution in [0, 0.1) is 16.7 Å². The number of hydrogen-bond acceptors (Lipinski definition) is 1. The monoisotopic (exact) mass is 288 g/mol. The Morgan fingerprint density at radius 2 is 2.24 bits per heavy atom. The summed E-state index contributed by atoms with van der Waals surface area (Å²) in [6, 6.07) is 8.58. The number of nitrogens with one attached hydrogen (secondary N) is 1. The van der Waals surface area contributed by atoms with Crippen molar-refractivity contribution < 1.29 is 0 Å². The second-order valence-electron chi connectivity index (χ2n) is 4.99. The Hall–Kier alpha value is -1.27. The molecule has 1 aliphatic carbocycles. The number of nitrogens with zero attached hydrogens (tertiary/aromatic N) is 1. The van der Waals surface area contributed by atoms with Gasteiger partial charge in [0.1, 0.15) is 0 Å². The third-order valence-electron chi connectivity index (χ3n) is 3.73. The molecule has 0 spiro atoms. The normalized spacial score (nSPS) is 16.9. The third-order valence-corrected chi connectivity index (χ3v) is 4.39. The second-order valence-corrected chi connectivity index (χ2v) is 5.84. The molecule has 1 aromatic carbocycles. The molecule has 1 saturated carbocycles. The van der Waals surface area contributed by atoms with Crippen LogP contribution < -0.4 is 0 Å². The zero-order chi connectivity index (χ0) is 11.9. The van der Waals surface area contributed by atoms with Crippen molar-refractivity contribution in [3.05, 3.63) is 34.4 Å². The molecule has 86 valence electrons. The van der Waals surface area contributed by atoms with Crippen molar-refractivity contribution in [3.63, 3.8) is 0 Å². The van der Waals surface area contributed by atoms with Gasteiger partial charge in [-0.1, -0.05) is 12.1 Å². The topological polar surface area (TPSA) is 39.6 Å². The van der Waals surface area contributed by atoms with E-state index >= 15 is 0 Å². The molecule has 2 aromatic rings. The summed E-state index contributed by atoms with van der Waals surface area (Å²) < 4.78 is 1.10. The maximum atomic E-state index is 8.86. The quantitative estimate of drug-likeness (QED) is 0.905. The van der Waals surface area contributed by atoms with Crippen LogP contribution in [0.3, 0.4) is 0 Å². The Balaban J connectivity index is 1.97. The fourth-order valence-electron chi connectivity index (χ4n) is 2.49. The van der Waals surface area contributed by atoms with E-state index in [9.17, 15) is 0 Å². The van der Waals surface area contributed by atoms with E-state index < -0.39 is 0 Å². The van der Waals surface area contributed by atoms with Crippen LogP contribution in [0.5, 0.6) is 0 Å². The van der Waals surface area contributed by atoms with Gasteiger partial charge >= 0.3 is 0 Å². The van der Waals surface area contributed by atoms with Gasteiger partial charge < -0.3 is 4.98 Å². The number of halogens is 1. The molecule has 0 saturated heterocycles. The Bertz CT molecular complexity index is 602. The summed E-state index contributed by atoms with van der Waals surface area (Å²) in [5, 5.41) is 10.1. The first-order valence-electron chi connectivity index (χ1n) is 5.86. The Morgan fingerprint density at radius 1 is 1.41 bits per heavy atom. The van der Waals surface area contributed by atoms with Crippen LogP contribution in [0.1, 0.15) is 24.8 Å². The van der Waals surface area contributed by atoms with Crippen molar-refractivity contribution in [1.29, 1.82) is 5.26 Å². The average Bonchev–Trinajstić information content (AvgIpc) is 2.93. The van der Waals surface area contributed by atoms with Crippen LogP contribution in [-0.4, -0.2) is 4.98 Å². The summed E-state index contributed by atoms with van der Waals surface area (Å²) in [5.74, 6) is 0. The SMILES string of the molecule is N#CCC1(Cc2c[nH]c3c(Br)cccc23)CC1. The van der Waals surface area contributed by atoms with E-state index in [-0.39, 0.29) is 5.41 Å². The van der Waals surface area contributed by atoms with Gasteiger partial charge in [-0.05, 0) is 52.2 Å².